The van der Waals surface area contributed by atoms with Crippen molar-refractivity contribution in [3.8, 4) is 11.8 Å². The van der Waals surface area contributed by atoms with Crippen molar-refractivity contribution in [2.75, 3.05) is 27.4 Å². The van der Waals surface area contributed by atoms with Gasteiger partial charge in [0.2, 0.25) is 0 Å². The van der Waals surface area contributed by atoms with E-state index in [0.717, 1.165) is 11.3 Å². The summed E-state index contributed by atoms with van der Waals surface area (Å²) in [5.74, 6) is 0.391. The molecule has 23 heavy (non-hydrogen) atoms. The molecule has 2 N–H and O–H groups in total. The zero-order valence-electron chi connectivity index (χ0n) is 13.8. The number of hydrogen-bond acceptors (Lipinski definition) is 5. The van der Waals surface area contributed by atoms with Gasteiger partial charge in [0.1, 0.15) is 17.4 Å². The molecule has 1 amide bonds. The number of benzene rings is 1. The van der Waals surface area contributed by atoms with Crippen molar-refractivity contribution in [1.29, 1.82) is 5.26 Å². The van der Waals surface area contributed by atoms with Crippen molar-refractivity contribution < 1.29 is 14.3 Å². The first kappa shape index (κ1) is 18.5. The Hall–Kier alpha value is -2.52. The van der Waals surface area contributed by atoms with Gasteiger partial charge >= 0.3 is 0 Å². The number of ether oxygens (including phenoxy) is 2. The second-order valence-electron chi connectivity index (χ2n) is 4.93. The van der Waals surface area contributed by atoms with E-state index in [0.29, 0.717) is 19.6 Å². The first-order chi connectivity index (χ1) is 11.1. The highest BCUT2D eigenvalue weighted by Gasteiger charge is 2.09. The molecule has 0 aliphatic carbocycles. The van der Waals surface area contributed by atoms with Crippen molar-refractivity contribution in [2.45, 2.75) is 19.4 Å². The molecule has 6 heteroatoms. The number of methoxy groups -OCH3 is 2. The second-order valence-corrected chi connectivity index (χ2v) is 4.93. The summed E-state index contributed by atoms with van der Waals surface area (Å²) in [5.41, 5.74) is 1.07. The average molecular weight is 317 g/mol. The van der Waals surface area contributed by atoms with Crippen molar-refractivity contribution in [3.63, 3.8) is 0 Å². The number of hydrogen-bond donors (Lipinski definition) is 2. The maximum absolute atomic E-state index is 11.9. The summed E-state index contributed by atoms with van der Waals surface area (Å²) in [7, 11) is 3.22. The molecule has 0 saturated heterocycles. The molecule has 0 fully saturated rings. The lowest BCUT2D eigenvalue weighted by atomic mass is 10.1. The van der Waals surface area contributed by atoms with E-state index in [9.17, 15) is 4.79 Å². The van der Waals surface area contributed by atoms with E-state index in [2.05, 4.69) is 10.6 Å². The van der Waals surface area contributed by atoms with Crippen LogP contribution in [0.25, 0.3) is 0 Å². The fourth-order valence-corrected chi connectivity index (χ4v) is 1.86. The maximum Gasteiger partial charge on any atom is 0.263 e. The summed E-state index contributed by atoms with van der Waals surface area (Å²) in [6.07, 6.45) is 2.15. The van der Waals surface area contributed by atoms with Crippen LogP contribution in [-0.2, 0) is 9.53 Å². The van der Waals surface area contributed by atoms with Crippen LogP contribution in [0.5, 0.6) is 5.75 Å². The minimum Gasteiger partial charge on any atom is -0.497 e. The molecular weight excluding hydrogens is 294 g/mol. The van der Waals surface area contributed by atoms with Crippen LogP contribution in [0.2, 0.25) is 0 Å². The molecule has 1 unspecified atom stereocenters. The van der Waals surface area contributed by atoms with Crippen molar-refractivity contribution >= 4 is 5.91 Å². The van der Waals surface area contributed by atoms with Crippen LogP contribution < -0.4 is 15.4 Å². The van der Waals surface area contributed by atoms with Crippen molar-refractivity contribution in [3.05, 3.63) is 41.6 Å². The van der Waals surface area contributed by atoms with Crippen LogP contribution in [-0.4, -0.2) is 33.3 Å². The van der Waals surface area contributed by atoms with Crippen LogP contribution in [0.4, 0.5) is 0 Å². The largest absolute Gasteiger partial charge is 0.497 e. The predicted molar refractivity (Wildman–Crippen MR) is 87.7 cm³/mol. The van der Waals surface area contributed by atoms with Crippen LogP contribution in [0.15, 0.2) is 36.0 Å². The number of nitrogens with zero attached hydrogens (tertiary/aromatic N) is 1. The first-order valence-corrected chi connectivity index (χ1v) is 7.39. The van der Waals surface area contributed by atoms with Gasteiger partial charge in [-0.2, -0.15) is 5.26 Å². The molecular formula is C17H23N3O3. The van der Waals surface area contributed by atoms with E-state index in [-0.39, 0.29) is 11.6 Å². The SMILES string of the molecule is COCCCNC(=O)/C(C#N)=C\NC(C)c1ccc(OC)cc1. The molecule has 1 rings (SSSR count). The third-order valence-electron chi connectivity index (χ3n) is 3.27. The van der Waals surface area contributed by atoms with E-state index >= 15 is 0 Å². The monoisotopic (exact) mass is 317 g/mol. The molecule has 0 aromatic heterocycles. The Morgan fingerprint density at radius 3 is 2.61 bits per heavy atom. The molecule has 6 nitrogen and oxygen atoms in total. The highest BCUT2D eigenvalue weighted by atomic mass is 16.5. The molecule has 0 heterocycles. The van der Waals surface area contributed by atoms with Gasteiger partial charge in [-0.05, 0) is 31.0 Å². The number of rotatable bonds is 9. The highest BCUT2D eigenvalue weighted by Crippen LogP contribution is 2.17. The average Bonchev–Trinajstić information content (AvgIpc) is 2.59. The number of nitriles is 1. The van der Waals surface area contributed by atoms with Gasteiger partial charge in [-0.1, -0.05) is 12.1 Å². The molecule has 0 saturated carbocycles. The van der Waals surface area contributed by atoms with Crippen molar-refractivity contribution in [2.24, 2.45) is 0 Å². The second kappa shape index (κ2) is 10.2. The predicted octanol–water partition coefficient (Wildman–Crippen LogP) is 1.91. The Morgan fingerprint density at radius 2 is 2.04 bits per heavy atom. The number of amides is 1. The molecule has 0 bridgehead atoms. The van der Waals surface area contributed by atoms with Crippen LogP contribution in [0, 0.1) is 11.3 Å². The van der Waals surface area contributed by atoms with Gasteiger partial charge in [0, 0.05) is 32.5 Å². The minimum atomic E-state index is -0.391. The lowest BCUT2D eigenvalue weighted by Gasteiger charge is -2.13. The van der Waals surface area contributed by atoms with E-state index in [1.165, 1.54) is 6.20 Å². The van der Waals surface area contributed by atoms with Gasteiger partial charge in [0.05, 0.1) is 7.11 Å². The van der Waals surface area contributed by atoms with Crippen LogP contribution in [0.1, 0.15) is 24.9 Å². The Morgan fingerprint density at radius 1 is 1.35 bits per heavy atom. The molecule has 1 atom stereocenters. The summed E-state index contributed by atoms with van der Waals surface area (Å²) in [6.45, 7) is 2.99. The molecule has 124 valence electrons. The molecule has 1 aromatic rings. The van der Waals surface area contributed by atoms with Gasteiger partial charge in [0.15, 0.2) is 0 Å². The summed E-state index contributed by atoms with van der Waals surface area (Å²) < 4.78 is 10.0. The van der Waals surface area contributed by atoms with Crippen LogP contribution in [0.3, 0.4) is 0 Å². The molecule has 0 aliphatic heterocycles. The Labute approximate surface area is 137 Å². The minimum absolute atomic E-state index is 0.0365. The summed E-state index contributed by atoms with van der Waals surface area (Å²) >= 11 is 0. The lowest BCUT2D eigenvalue weighted by Crippen LogP contribution is -2.27. The maximum atomic E-state index is 11.9. The molecule has 0 radical (unpaired) electrons. The summed E-state index contributed by atoms with van der Waals surface area (Å²) in [5, 5.41) is 14.8. The van der Waals surface area contributed by atoms with Gasteiger partial charge in [-0.15, -0.1) is 0 Å². The summed E-state index contributed by atoms with van der Waals surface area (Å²) in [4.78, 5) is 11.9. The summed E-state index contributed by atoms with van der Waals surface area (Å²) in [6, 6.07) is 9.46. The topological polar surface area (TPSA) is 83.4 Å². The smallest absolute Gasteiger partial charge is 0.263 e. The van der Waals surface area contributed by atoms with Gasteiger partial charge in [-0.25, -0.2) is 0 Å². The van der Waals surface area contributed by atoms with E-state index in [4.69, 9.17) is 14.7 Å². The number of nitrogens with one attached hydrogen (secondary N) is 2. The highest BCUT2D eigenvalue weighted by molar-refractivity contribution is 5.97. The standard InChI is InChI=1S/C17H23N3O3/c1-13(14-5-7-16(23-3)8-6-14)20-12-15(11-18)17(21)19-9-4-10-22-2/h5-8,12-13,20H,4,9-10H2,1-3H3,(H,19,21)/b15-12-. The third-order valence-corrected chi connectivity index (χ3v) is 3.27. The Balaban J connectivity index is 2.57. The third kappa shape index (κ3) is 6.41. The lowest BCUT2D eigenvalue weighted by molar-refractivity contribution is -0.117. The molecule has 0 aliphatic rings. The zero-order valence-corrected chi connectivity index (χ0v) is 13.8. The molecule has 1 aromatic carbocycles. The Kier molecular flexibility index (Phi) is 8.25. The molecule has 0 spiro atoms. The van der Waals surface area contributed by atoms with Gasteiger partial charge in [-0.3, -0.25) is 4.79 Å². The Bertz CT molecular complexity index is 561. The zero-order chi connectivity index (χ0) is 17.1. The van der Waals surface area contributed by atoms with E-state index in [1.807, 2.05) is 37.3 Å². The number of carbonyl (C=O) groups excluding carboxylic acids is 1. The van der Waals surface area contributed by atoms with Crippen LogP contribution >= 0.6 is 0 Å². The van der Waals surface area contributed by atoms with Gasteiger partial charge < -0.3 is 20.1 Å². The quantitative estimate of drug-likeness (QED) is 0.413. The van der Waals surface area contributed by atoms with E-state index in [1.54, 1.807) is 14.2 Å². The number of carbonyl (C=O) groups is 1. The first-order valence-electron chi connectivity index (χ1n) is 7.39. The van der Waals surface area contributed by atoms with Crippen molar-refractivity contribution in [1.82, 2.24) is 10.6 Å². The van der Waals surface area contributed by atoms with E-state index < -0.39 is 5.91 Å². The fourth-order valence-electron chi connectivity index (χ4n) is 1.86. The van der Waals surface area contributed by atoms with Gasteiger partial charge in [0.25, 0.3) is 5.91 Å². The normalized spacial score (nSPS) is 12.2. The fraction of sp³-hybridized carbons (Fsp3) is 0.412.